The minimum atomic E-state index is -0.509. The number of aryl methyl sites for hydroxylation is 1. The zero-order valence-corrected chi connectivity index (χ0v) is 27.8. The highest BCUT2D eigenvalue weighted by Gasteiger charge is 2.49. The molecule has 0 amide bonds. The van der Waals surface area contributed by atoms with Crippen molar-refractivity contribution < 1.29 is 23.7 Å². The molecule has 7 rings (SSSR count). The molecule has 0 aliphatic carbocycles. The molecule has 0 bridgehead atoms. The number of fused-ring (bicyclic) bond motifs is 1. The Morgan fingerprint density at radius 3 is 1.51 bits per heavy atom. The van der Waals surface area contributed by atoms with Gasteiger partial charge in [0.2, 0.25) is 0 Å². The Hall–Kier alpha value is -4.56. The lowest BCUT2D eigenvalue weighted by molar-refractivity contribution is -0.289. The predicted molar refractivity (Wildman–Crippen MR) is 192 cm³/mol. The first-order valence-electron chi connectivity index (χ1n) is 17.0. The van der Waals surface area contributed by atoms with Crippen molar-refractivity contribution in [1.82, 2.24) is 4.57 Å². The summed E-state index contributed by atoms with van der Waals surface area (Å²) in [5.41, 5.74) is 6.57. The summed E-state index contributed by atoms with van der Waals surface area (Å²) in [5.74, 6) is 0. The zero-order chi connectivity index (χ0) is 33.3. The van der Waals surface area contributed by atoms with Gasteiger partial charge in [-0.25, -0.2) is 0 Å². The fraction of sp³-hybridized carbons (Fsp3) is 0.256. The number of aromatic nitrogens is 1. The molecule has 0 unspecified atom stereocenters. The van der Waals surface area contributed by atoms with Gasteiger partial charge in [0.05, 0.1) is 38.6 Å². The minimum Gasteiger partial charge on any atom is -0.374 e. The van der Waals surface area contributed by atoms with E-state index in [2.05, 4.69) is 90.5 Å². The number of ether oxygens (including phenoxy) is 5. The second kappa shape index (κ2) is 16.2. The third-order valence-electron chi connectivity index (χ3n) is 9.07. The molecular formula is C43H43NO5. The highest BCUT2D eigenvalue weighted by Crippen LogP contribution is 2.38. The number of hydrogen-bond acceptors (Lipinski definition) is 5. The van der Waals surface area contributed by atoms with Gasteiger partial charge in [-0.3, -0.25) is 0 Å². The molecule has 1 aromatic heterocycles. The first-order valence-corrected chi connectivity index (χ1v) is 17.0. The van der Waals surface area contributed by atoms with Gasteiger partial charge in [0.1, 0.15) is 24.4 Å². The van der Waals surface area contributed by atoms with Crippen LogP contribution >= 0.6 is 0 Å². The van der Waals surface area contributed by atoms with Crippen LogP contribution in [0.4, 0.5) is 0 Å². The maximum absolute atomic E-state index is 7.12. The summed E-state index contributed by atoms with van der Waals surface area (Å²) in [4.78, 5) is 0. The largest absolute Gasteiger partial charge is 0.374 e. The van der Waals surface area contributed by atoms with Gasteiger partial charge in [0.15, 0.2) is 6.23 Å². The first kappa shape index (κ1) is 33.0. The number of rotatable bonds is 14. The number of para-hydroxylation sites is 1. The quantitative estimate of drug-likeness (QED) is 0.118. The standard InChI is InChI=1S/C43H43NO5/c1-32-26-44(38-25-15-14-24-37(32)38)43-42(48-30-36-22-12-5-13-23-36)41(47-29-35-20-10-4-11-21-35)40(46-28-34-18-8-3-9-19-34)39(49-43)31-45-27-33-16-6-2-7-17-33/h2-26,39-43H,27-31H2,1H3/t39-,40-,41+,42-,43+/m1/s1. The van der Waals surface area contributed by atoms with E-state index in [1.54, 1.807) is 0 Å². The second-order valence-corrected chi connectivity index (χ2v) is 12.6. The summed E-state index contributed by atoms with van der Waals surface area (Å²) >= 11 is 0. The van der Waals surface area contributed by atoms with E-state index in [1.165, 1.54) is 10.9 Å². The minimum absolute atomic E-state index is 0.319. The van der Waals surface area contributed by atoms with E-state index in [-0.39, 0.29) is 0 Å². The second-order valence-electron chi connectivity index (χ2n) is 12.6. The molecule has 0 saturated carbocycles. The van der Waals surface area contributed by atoms with E-state index >= 15 is 0 Å². The van der Waals surface area contributed by atoms with Crippen LogP contribution in [0.5, 0.6) is 0 Å². The van der Waals surface area contributed by atoms with Crippen molar-refractivity contribution in [2.75, 3.05) is 6.61 Å². The lowest BCUT2D eigenvalue weighted by Gasteiger charge is -2.46. The van der Waals surface area contributed by atoms with Crippen LogP contribution in [0.15, 0.2) is 152 Å². The first-order chi connectivity index (χ1) is 24.2. The molecule has 0 N–H and O–H groups in total. The lowest BCUT2D eigenvalue weighted by Crippen LogP contribution is -2.59. The average molecular weight is 654 g/mol. The maximum atomic E-state index is 7.12. The molecule has 5 atom stereocenters. The molecular weight excluding hydrogens is 610 g/mol. The Morgan fingerprint density at radius 2 is 0.959 bits per heavy atom. The van der Waals surface area contributed by atoms with Crippen LogP contribution in [0, 0.1) is 6.92 Å². The summed E-state index contributed by atoms with van der Waals surface area (Å²) in [7, 11) is 0. The molecule has 250 valence electrons. The van der Waals surface area contributed by atoms with Gasteiger partial charge in [-0.2, -0.15) is 0 Å². The third-order valence-corrected chi connectivity index (χ3v) is 9.07. The Kier molecular flexibility index (Phi) is 10.9. The molecule has 5 aromatic carbocycles. The van der Waals surface area contributed by atoms with Gasteiger partial charge in [-0.15, -0.1) is 0 Å². The Morgan fingerprint density at radius 1 is 0.510 bits per heavy atom. The number of hydrogen-bond donors (Lipinski definition) is 0. The van der Waals surface area contributed by atoms with Crippen LogP contribution < -0.4 is 0 Å². The van der Waals surface area contributed by atoms with E-state index in [1.807, 2.05) is 72.8 Å². The van der Waals surface area contributed by atoms with E-state index in [0.29, 0.717) is 33.0 Å². The van der Waals surface area contributed by atoms with Crippen molar-refractivity contribution in [1.29, 1.82) is 0 Å². The summed E-state index contributed by atoms with van der Waals surface area (Å²) in [5, 5.41) is 1.17. The van der Waals surface area contributed by atoms with Gasteiger partial charge >= 0.3 is 0 Å². The van der Waals surface area contributed by atoms with Crippen molar-refractivity contribution in [3.8, 4) is 0 Å². The van der Waals surface area contributed by atoms with Crippen molar-refractivity contribution in [2.45, 2.75) is 64.0 Å². The Balaban J connectivity index is 1.27. The number of benzene rings is 5. The fourth-order valence-corrected chi connectivity index (χ4v) is 6.58. The Labute approximate surface area is 288 Å². The normalized spacial score (nSPS) is 20.8. The van der Waals surface area contributed by atoms with Crippen LogP contribution in [-0.4, -0.2) is 35.6 Å². The highest BCUT2D eigenvalue weighted by atomic mass is 16.6. The van der Waals surface area contributed by atoms with Gasteiger partial charge < -0.3 is 28.3 Å². The molecule has 0 radical (unpaired) electrons. The van der Waals surface area contributed by atoms with Crippen molar-refractivity contribution in [3.05, 3.63) is 180 Å². The van der Waals surface area contributed by atoms with Crippen molar-refractivity contribution in [3.63, 3.8) is 0 Å². The van der Waals surface area contributed by atoms with Crippen molar-refractivity contribution in [2.24, 2.45) is 0 Å². The topological polar surface area (TPSA) is 51.1 Å². The van der Waals surface area contributed by atoms with Gasteiger partial charge in [-0.05, 0) is 40.8 Å². The van der Waals surface area contributed by atoms with Gasteiger partial charge in [0, 0.05) is 11.6 Å². The smallest absolute Gasteiger partial charge is 0.163 e. The Bertz CT molecular complexity index is 1860. The summed E-state index contributed by atoms with van der Waals surface area (Å²) in [6, 6.07) is 49.4. The monoisotopic (exact) mass is 653 g/mol. The number of nitrogens with zero attached hydrogens (tertiary/aromatic N) is 1. The SMILES string of the molecule is Cc1cn([C@H]2O[C@H](COCc3ccccc3)[C@@H](OCc3ccccc3)[C@H](OCc3ccccc3)[C@H]2OCc2ccccc2)c2ccccc12. The average Bonchev–Trinajstić information content (AvgIpc) is 3.50. The van der Waals surface area contributed by atoms with Gasteiger partial charge in [0.25, 0.3) is 0 Å². The molecule has 49 heavy (non-hydrogen) atoms. The maximum Gasteiger partial charge on any atom is 0.163 e. The van der Waals surface area contributed by atoms with Gasteiger partial charge in [-0.1, -0.05) is 140 Å². The van der Waals surface area contributed by atoms with E-state index in [9.17, 15) is 0 Å². The van der Waals surface area contributed by atoms with Crippen molar-refractivity contribution >= 4 is 10.9 Å². The van der Waals surface area contributed by atoms with E-state index < -0.39 is 30.6 Å². The van der Waals surface area contributed by atoms with Crippen LogP contribution in [0.2, 0.25) is 0 Å². The van der Waals surface area contributed by atoms with Crippen LogP contribution in [0.25, 0.3) is 10.9 Å². The third kappa shape index (κ3) is 8.19. The molecule has 6 nitrogen and oxygen atoms in total. The lowest BCUT2D eigenvalue weighted by atomic mass is 9.96. The predicted octanol–water partition coefficient (Wildman–Crippen LogP) is 8.82. The van der Waals surface area contributed by atoms with Crippen LogP contribution in [0.1, 0.15) is 34.0 Å². The van der Waals surface area contributed by atoms with Crippen LogP contribution in [-0.2, 0) is 50.1 Å². The van der Waals surface area contributed by atoms with Crippen LogP contribution in [0.3, 0.4) is 0 Å². The summed E-state index contributed by atoms with van der Waals surface area (Å²) < 4.78 is 36.4. The molecule has 2 heterocycles. The molecule has 0 spiro atoms. The van der Waals surface area contributed by atoms with E-state index in [4.69, 9.17) is 23.7 Å². The molecule has 1 aliphatic heterocycles. The zero-order valence-electron chi connectivity index (χ0n) is 27.8. The molecule has 1 aliphatic rings. The van der Waals surface area contributed by atoms with E-state index in [0.717, 1.165) is 27.8 Å². The molecule has 6 heteroatoms. The summed E-state index contributed by atoms with van der Waals surface area (Å²) in [6.07, 6.45) is -0.278. The molecule has 1 saturated heterocycles. The molecule has 6 aromatic rings. The summed E-state index contributed by atoms with van der Waals surface area (Å²) in [6.45, 7) is 4.12. The molecule has 1 fully saturated rings. The fourth-order valence-electron chi connectivity index (χ4n) is 6.58. The highest BCUT2D eigenvalue weighted by molar-refractivity contribution is 5.83.